The number of benzene rings is 1. The van der Waals surface area contributed by atoms with Gasteiger partial charge in [-0.05, 0) is 68.0 Å². The van der Waals surface area contributed by atoms with Crippen molar-refractivity contribution in [2.24, 2.45) is 0 Å². The number of nitrogens with zero attached hydrogens (tertiary/aromatic N) is 3. The van der Waals surface area contributed by atoms with Gasteiger partial charge in [-0.25, -0.2) is 4.98 Å². The molecule has 1 N–H and O–H groups in total. The Hall–Kier alpha value is -2.34. The van der Waals surface area contributed by atoms with Gasteiger partial charge in [-0.1, -0.05) is 0 Å². The second kappa shape index (κ2) is 7.70. The van der Waals surface area contributed by atoms with Gasteiger partial charge in [-0.3, -0.25) is 0 Å². The number of pyridine rings is 1. The minimum Gasteiger partial charge on any atom is -0.497 e. The number of piperazine rings is 1. The van der Waals surface area contributed by atoms with Gasteiger partial charge in [0.25, 0.3) is 0 Å². The third-order valence-corrected chi connectivity index (χ3v) is 4.70. The van der Waals surface area contributed by atoms with Crippen LogP contribution in [0.3, 0.4) is 0 Å². The van der Waals surface area contributed by atoms with Gasteiger partial charge in [0.05, 0.1) is 7.11 Å². The van der Waals surface area contributed by atoms with Crippen LogP contribution in [0.4, 0.5) is 11.5 Å². The van der Waals surface area contributed by atoms with E-state index in [-0.39, 0.29) is 0 Å². The fourth-order valence-corrected chi connectivity index (χ4v) is 3.34. The summed E-state index contributed by atoms with van der Waals surface area (Å²) >= 11 is 5.57. The van der Waals surface area contributed by atoms with Crippen LogP contribution in [0.15, 0.2) is 36.4 Å². The second-order valence-corrected chi connectivity index (χ2v) is 6.66. The zero-order valence-electron chi connectivity index (χ0n) is 15.0. The predicted molar refractivity (Wildman–Crippen MR) is 107 cm³/mol. The summed E-state index contributed by atoms with van der Waals surface area (Å²) in [7, 11) is 1.69. The molecule has 1 saturated heterocycles. The summed E-state index contributed by atoms with van der Waals surface area (Å²) in [5.74, 6) is 1.70. The molecule has 1 aliphatic rings. The Labute approximate surface area is 154 Å². The van der Waals surface area contributed by atoms with Crippen LogP contribution in [-0.4, -0.2) is 48.3 Å². The van der Waals surface area contributed by atoms with Gasteiger partial charge in [-0.15, -0.1) is 0 Å². The average Bonchev–Trinajstić information content (AvgIpc) is 2.61. The van der Waals surface area contributed by atoms with Crippen molar-refractivity contribution < 1.29 is 4.74 Å². The van der Waals surface area contributed by atoms with Gasteiger partial charge in [0.1, 0.15) is 11.6 Å². The van der Waals surface area contributed by atoms with Crippen molar-refractivity contribution in [3.63, 3.8) is 0 Å². The van der Waals surface area contributed by atoms with Crippen molar-refractivity contribution in [2.45, 2.75) is 13.8 Å². The molecule has 132 valence electrons. The third-order valence-electron chi connectivity index (χ3n) is 4.34. The zero-order valence-corrected chi connectivity index (χ0v) is 15.8. The minimum atomic E-state index is 0.742. The SMILES string of the molecule is COc1ccc(N2CCN(C(=S)Nc3cc(C)cc(C)n3)CC2)cc1. The number of hydrogen-bond donors (Lipinski definition) is 1. The molecule has 0 spiro atoms. The molecule has 25 heavy (non-hydrogen) atoms. The van der Waals surface area contributed by atoms with Gasteiger partial charge < -0.3 is 19.9 Å². The summed E-state index contributed by atoms with van der Waals surface area (Å²) in [5, 5.41) is 4.02. The van der Waals surface area contributed by atoms with Crippen molar-refractivity contribution in [1.29, 1.82) is 0 Å². The van der Waals surface area contributed by atoms with Crippen molar-refractivity contribution in [1.82, 2.24) is 9.88 Å². The number of ether oxygens (including phenoxy) is 1. The highest BCUT2D eigenvalue weighted by atomic mass is 32.1. The fourth-order valence-electron chi connectivity index (χ4n) is 3.05. The lowest BCUT2D eigenvalue weighted by molar-refractivity contribution is 0.390. The smallest absolute Gasteiger partial charge is 0.174 e. The second-order valence-electron chi connectivity index (χ2n) is 6.27. The van der Waals surface area contributed by atoms with E-state index in [2.05, 4.69) is 45.2 Å². The maximum absolute atomic E-state index is 5.57. The number of rotatable bonds is 3. The molecule has 2 heterocycles. The molecule has 6 heteroatoms. The van der Waals surface area contributed by atoms with E-state index in [9.17, 15) is 0 Å². The molecule has 1 aromatic heterocycles. The Balaban J connectivity index is 1.56. The molecule has 0 aliphatic carbocycles. The molecule has 2 aromatic rings. The topological polar surface area (TPSA) is 40.6 Å². The molecule has 0 unspecified atom stereocenters. The van der Waals surface area contributed by atoms with Crippen LogP contribution in [0.1, 0.15) is 11.3 Å². The van der Waals surface area contributed by atoms with E-state index in [0.717, 1.165) is 48.6 Å². The highest BCUT2D eigenvalue weighted by molar-refractivity contribution is 7.80. The summed E-state index contributed by atoms with van der Waals surface area (Å²) in [6.45, 7) is 7.72. The number of hydrogen-bond acceptors (Lipinski definition) is 4. The fraction of sp³-hybridized carbons (Fsp3) is 0.368. The molecular weight excluding hydrogens is 332 g/mol. The highest BCUT2D eigenvalue weighted by Gasteiger charge is 2.19. The first kappa shape index (κ1) is 17.5. The molecule has 1 aromatic carbocycles. The van der Waals surface area contributed by atoms with Crippen LogP contribution >= 0.6 is 12.2 Å². The van der Waals surface area contributed by atoms with Crippen LogP contribution in [0.25, 0.3) is 0 Å². The van der Waals surface area contributed by atoms with E-state index in [1.165, 1.54) is 11.3 Å². The number of methoxy groups -OCH3 is 1. The Kier molecular flexibility index (Phi) is 5.38. The summed E-state index contributed by atoms with van der Waals surface area (Å²) in [5.41, 5.74) is 3.40. The van der Waals surface area contributed by atoms with Crippen molar-refractivity contribution >= 4 is 28.8 Å². The Morgan fingerprint density at radius 3 is 2.36 bits per heavy atom. The lowest BCUT2D eigenvalue weighted by atomic mass is 10.2. The normalized spacial score (nSPS) is 14.4. The molecule has 0 radical (unpaired) electrons. The number of nitrogens with one attached hydrogen (secondary N) is 1. The molecule has 0 saturated carbocycles. The lowest BCUT2D eigenvalue weighted by Gasteiger charge is -2.37. The molecule has 5 nitrogen and oxygen atoms in total. The molecule has 0 amide bonds. The zero-order chi connectivity index (χ0) is 17.8. The van der Waals surface area contributed by atoms with Gasteiger partial charge in [0.15, 0.2) is 5.11 Å². The quantitative estimate of drug-likeness (QED) is 0.852. The summed E-state index contributed by atoms with van der Waals surface area (Å²) in [6.07, 6.45) is 0. The third kappa shape index (κ3) is 4.39. The Morgan fingerprint density at radius 1 is 1.08 bits per heavy atom. The standard InChI is InChI=1S/C19H24N4OS/c1-14-12-15(2)20-18(13-14)21-19(25)23-10-8-22(9-11-23)16-4-6-17(24-3)7-5-16/h4-7,12-13H,8-11H2,1-3H3,(H,20,21,25). The first-order chi connectivity index (χ1) is 12.0. The van der Waals surface area contributed by atoms with Crippen LogP contribution in [0.2, 0.25) is 0 Å². The molecular formula is C19H24N4OS. The maximum Gasteiger partial charge on any atom is 0.174 e. The molecule has 1 aliphatic heterocycles. The maximum atomic E-state index is 5.57. The molecule has 3 rings (SSSR count). The van der Waals surface area contributed by atoms with Crippen molar-refractivity contribution in [2.75, 3.05) is 43.5 Å². The Morgan fingerprint density at radius 2 is 1.76 bits per heavy atom. The summed E-state index contributed by atoms with van der Waals surface area (Å²) in [6, 6.07) is 12.3. The van der Waals surface area contributed by atoms with E-state index >= 15 is 0 Å². The minimum absolute atomic E-state index is 0.742. The van der Waals surface area contributed by atoms with Crippen molar-refractivity contribution in [3.05, 3.63) is 47.7 Å². The predicted octanol–water partition coefficient (Wildman–Crippen LogP) is 3.23. The average molecular weight is 356 g/mol. The van der Waals surface area contributed by atoms with E-state index in [0.29, 0.717) is 0 Å². The highest BCUT2D eigenvalue weighted by Crippen LogP contribution is 2.21. The molecule has 1 fully saturated rings. The lowest BCUT2D eigenvalue weighted by Crippen LogP contribution is -2.50. The number of anilines is 2. The van der Waals surface area contributed by atoms with Crippen molar-refractivity contribution in [3.8, 4) is 5.75 Å². The van der Waals surface area contributed by atoms with Gasteiger partial charge >= 0.3 is 0 Å². The van der Waals surface area contributed by atoms with E-state index < -0.39 is 0 Å². The first-order valence-corrected chi connectivity index (χ1v) is 8.86. The van der Waals surface area contributed by atoms with Crippen LogP contribution in [0.5, 0.6) is 5.75 Å². The summed E-state index contributed by atoms with van der Waals surface area (Å²) < 4.78 is 5.22. The molecule has 0 bridgehead atoms. The first-order valence-electron chi connectivity index (χ1n) is 8.45. The van der Waals surface area contributed by atoms with E-state index in [1.807, 2.05) is 25.1 Å². The van der Waals surface area contributed by atoms with Gasteiger partial charge in [-0.2, -0.15) is 0 Å². The van der Waals surface area contributed by atoms with Gasteiger partial charge in [0.2, 0.25) is 0 Å². The number of aromatic nitrogens is 1. The van der Waals surface area contributed by atoms with E-state index in [1.54, 1.807) is 7.11 Å². The van der Waals surface area contributed by atoms with Crippen LogP contribution in [-0.2, 0) is 0 Å². The largest absolute Gasteiger partial charge is 0.497 e. The summed E-state index contributed by atoms with van der Waals surface area (Å²) in [4.78, 5) is 9.07. The number of aryl methyl sites for hydroxylation is 2. The molecule has 0 atom stereocenters. The van der Waals surface area contributed by atoms with E-state index in [4.69, 9.17) is 17.0 Å². The van der Waals surface area contributed by atoms with Crippen LogP contribution in [0, 0.1) is 13.8 Å². The number of thiocarbonyl (C=S) groups is 1. The Bertz CT molecular complexity index is 719. The van der Waals surface area contributed by atoms with Crippen LogP contribution < -0.4 is 15.0 Å². The van der Waals surface area contributed by atoms with Gasteiger partial charge in [0, 0.05) is 37.6 Å². The monoisotopic (exact) mass is 356 g/mol.